The molecule has 0 aliphatic carbocycles. The first-order valence-electron chi connectivity index (χ1n) is 5.12. The van der Waals surface area contributed by atoms with E-state index in [0.717, 1.165) is 24.6 Å². The molecular formula is C11H17N3. The molecule has 2 heterocycles. The van der Waals surface area contributed by atoms with Gasteiger partial charge in [0.25, 0.3) is 0 Å². The second-order valence-corrected chi connectivity index (χ2v) is 4.02. The van der Waals surface area contributed by atoms with Gasteiger partial charge in [-0.2, -0.15) is 0 Å². The summed E-state index contributed by atoms with van der Waals surface area (Å²) in [5.41, 5.74) is 8.03. The van der Waals surface area contributed by atoms with Gasteiger partial charge in [-0.15, -0.1) is 0 Å². The Bertz CT molecular complexity index is 313. The van der Waals surface area contributed by atoms with Gasteiger partial charge in [0, 0.05) is 24.8 Å². The maximum absolute atomic E-state index is 5.67. The lowest BCUT2D eigenvalue weighted by Crippen LogP contribution is -2.52. The normalized spacial score (nSPS) is 20.8. The average Bonchev–Trinajstić information content (AvgIpc) is 2.00. The third-order valence-corrected chi connectivity index (χ3v) is 2.79. The van der Waals surface area contributed by atoms with Crippen LogP contribution in [0.15, 0.2) is 12.1 Å². The molecule has 1 aliphatic heterocycles. The number of pyridine rings is 1. The summed E-state index contributed by atoms with van der Waals surface area (Å²) in [5, 5.41) is 0. The largest absolute Gasteiger partial charge is 0.352 e. The molecule has 0 saturated carbocycles. The lowest BCUT2D eigenvalue weighted by Gasteiger charge is -2.41. The SMILES string of the molecule is Cc1cc(C)nc(N2CCC2CN)c1. The van der Waals surface area contributed by atoms with Crippen LogP contribution in [-0.4, -0.2) is 24.1 Å². The standard InChI is InChI=1S/C11H17N3/c1-8-5-9(2)13-11(6-8)14-4-3-10(14)7-12/h5-6,10H,3-4,7,12H2,1-2H3. The summed E-state index contributed by atoms with van der Waals surface area (Å²) in [7, 11) is 0. The third-order valence-electron chi connectivity index (χ3n) is 2.79. The number of anilines is 1. The van der Waals surface area contributed by atoms with Crippen LogP contribution in [0.4, 0.5) is 5.82 Å². The summed E-state index contributed by atoms with van der Waals surface area (Å²) in [4.78, 5) is 6.82. The lowest BCUT2D eigenvalue weighted by atomic mass is 10.0. The van der Waals surface area contributed by atoms with Crippen LogP contribution in [0.5, 0.6) is 0 Å². The van der Waals surface area contributed by atoms with Gasteiger partial charge >= 0.3 is 0 Å². The maximum Gasteiger partial charge on any atom is 0.129 e. The molecule has 1 saturated heterocycles. The number of aromatic nitrogens is 1. The number of hydrogen-bond donors (Lipinski definition) is 1. The first-order valence-corrected chi connectivity index (χ1v) is 5.12. The van der Waals surface area contributed by atoms with E-state index < -0.39 is 0 Å². The lowest BCUT2D eigenvalue weighted by molar-refractivity contribution is 0.451. The summed E-state index contributed by atoms with van der Waals surface area (Å²) < 4.78 is 0. The smallest absolute Gasteiger partial charge is 0.129 e. The second kappa shape index (κ2) is 3.58. The number of hydrogen-bond acceptors (Lipinski definition) is 3. The van der Waals surface area contributed by atoms with Crippen molar-refractivity contribution in [1.82, 2.24) is 4.98 Å². The topological polar surface area (TPSA) is 42.2 Å². The van der Waals surface area contributed by atoms with E-state index in [-0.39, 0.29) is 0 Å². The van der Waals surface area contributed by atoms with E-state index in [1.54, 1.807) is 0 Å². The first kappa shape index (κ1) is 9.46. The molecule has 3 heteroatoms. The Labute approximate surface area is 84.9 Å². The third kappa shape index (κ3) is 1.60. The van der Waals surface area contributed by atoms with E-state index >= 15 is 0 Å². The molecule has 0 aromatic carbocycles. The summed E-state index contributed by atoms with van der Waals surface area (Å²) in [6.45, 7) is 5.97. The summed E-state index contributed by atoms with van der Waals surface area (Å²) >= 11 is 0. The van der Waals surface area contributed by atoms with Gasteiger partial charge in [0.05, 0.1) is 0 Å². The van der Waals surface area contributed by atoms with Crippen molar-refractivity contribution in [2.75, 3.05) is 18.0 Å². The number of nitrogens with two attached hydrogens (primary N) is 1. The zero-order valence-corrected chi connectivity index (χ0v) is 8.83. The zero-order chi connectivity index (χ0) is 10.1. The minimum absolute atomic E-state index is 0.503. The fourth-order valence-electron chi connectivity index (χ4n) is 1.95. The summed E-state index contributed by atoms with van der Waals surface area (Å²) in [6, 6.07) is 4.74. The summed E-state index contributed by atoms with van der Waals surface area (Å²) in [5.74, 6) is 1.09. The highest BCUT2D eigenvalue weighted by atomic mass is 15.3. The van der Waals surface area contributed by atoms with Crippen LogP contribution < -0.4 is 10.6 Å². The predicted molar refractivity (Wildman–Crippen MR) is 58.5 cm³/mol. The van der Waals surface area contributed by atoms with Gasteiger partial charge < -0.3 is 10.6 Å². The van der Waals surface area contributed by atoms with Crippen LogP contribution in [0.1, 0.15) is 17.7 Å². The van der Waals surface area contributed by atoms with Gasteiger partial charge in [-0.3, -0.25) is 0 Å². The van der Waals surface area contributed by atoms with Crippen molar-refractivity contribution >= 4 is 5.82 Å². The fourth-order valence-corrected chi connectivity index (χ4v) is 1.95. The van der Waals surface area contributed by atoms with Crippen molar-refractivity contribution in [1.29, 1.82) is 0 Å². The molecule has 76 valence electrons. The van der Waals surface area contributed by atoms with Crippen molar-refractivity contribution in [2.45, 2.75) is 26.3 Å². The van der Waals surface area contributed by atoms with Gasteiger partial charge in [-0.1, -0.05) is 0 Å². The Kier molecular flexibility index (Phi) is 2.42. The van der Waals surface area contributed by atoms with E-state index in [4.69, 9.17) is 5.73 Å². The van der Waals surface area contributed by atoms with Gasteiger partial charge in [-0.05, 0) is 38.0 Å². The monoisotopic (exact) mass is 191 g/mol. The van der Waals surface area contributed by atoms with Crippen molar-refractivity contribution in [3.05, 3.63) is 23.4 Å². The van der Waals surface area contributed by atoms with E-state index in [9.17, 15) is 0 Å². The van der Waals surface area contributed by atoms with E-state index in [0.29, 0.717) is 6.04 Å². The Hall–Kier alpha value is -1.09. The quantitative estimate of drug-likeness (QED) is 0.764. The van der Waals surface area contributed by atoms with Crippen LogP contribution >= 0.6 is 0 Å². The first-order chi connectivity index (χ1) is 6.70. The number of aryl methyl sites for hydroxylation is 2. The molecule has 2 N–H and O–H groups in total. The Morgan fingerprint density at radius 1 is 1.50 bits per heavy atom. The molecule has 0 spiro atoms. The molecule has 0 bridgehead atoms. The van der Waals surface area contributed by atoms with Crippen molar-refractivity contribution in [3.8, 4) is 0 Å². The van der Waals surface area contributed by atoms with Crippen LogP contribution in [0, 0.1) is 13.8 Å². The van der Waals surface area contributed by atoms with Crippen LogP contribution in [0.25, 0.3) is 0 Å². The Morgan fingerprint density at radius 2 is 2.29 bits per heavy atom. The molecule has 1 aromatic heterocycles. The molecule has 0 amide bonds. The molecule has 2 rings (SSSR count). The molecular weight excluding hydrogens is 174 g/mol. The van der Waals surface area contributed by atoms with Gasteiger partial charge in [0.1, 0.15) is 5.82 Å². The molecule has 1 unspecified atom stereocenters. The highest BCUT2D eigenvalue weighted by Crippen LogP contribution is 2.24. The minimum Gasteiger partial charge on any atom is -0.352 e. The van der Waals surface area contributed by atoms with Crippen LogP contribution in [0.2, 0.25) is 0 Å². The minimum atomic E-state index is 0.503. The molecule has 1 aromatic rings. The van der Waals surface area contributed by atoms with Crippen molar-refractivity contribution in [2.24, 2.45) is 5.73 Å². The number of nitrogens with zero attached hydrogens (tertiary/aromatic N) is 2. The van der Waals surface area contributed by atoms with Crippen molar-refractivity contribution in [3.63, 3.8) is 0 Å². The van der Waals surface area contributed by atoms with E-state index in [1.807, 2.05) is 6.92 Å². The average molecular weight is 191 g/mol. The van der Waals surface area contributed by atoms with Gasteiger partial charge in [0.15, 0.2) is 0 Å². The summed E-state index contributed by atoms with van der Waals surface area (Å²) in [6.07, 6.45) is 1.20. The van der Waals surface area contributed by atoms with Crippen molar-refractivity contribution < 1.29 is 0 Å². The molecule has 14 heavy (non-hydrogen) atoms. The Balaban J connectivity index is 2.23. The molecule has 1 atom stereocenters. The number of rotatable bonds is 2. The fraction of sp³-hybridized carbons (Fsp3) is 0.545. The molecule has 1 aliphatic rings. The highest BCUT2D eigenvalue weighted by Gasteiger charge is 2.27. The van der Waals surface area contributed by atoms with E-state index in [2.05, 4.69) is 28.9 Å². The second-order valence-electron chi connectivity index (χ2n) is 4.02. The van der Waals surface area contributed by atoms with Crippen LogP contribution in [0.3, 0.4) is 0 Å². The molecule has 1 fully saturated rings. The zero-order valence-electron chi connectivity index (χ0n) is 8.83. The maximum atomic E-state index is 5.67. The molecule has 0 radical (unpaired) electrons. The van der Waals surface area contributed by atoms with E-state index in [1.165, 1.54) is 12.0 Å². The Morgan fingerprint density at radius 3 is 2.79 bits per heavy atom. The van der Waals surface area contributed by atoms with Gasteiger partial charge in [0.2, 0.25) is 0 Å². The predicted octanol–water partition coefficient (Wildman–Crippen LogP) is 1.24. The van der Waals surface area contributed by atoms with Crippen LogP contribution in [-0.2, 0) is 0 Å². The van der Waals surface area contributed by atoms with Gasteiger partial charge in [-0.25, -0.2) is 4.98 Å². The molecule has 3 nitrogen and oxygen atoms in total. The highest BCUT2D eigenvalue weighted by molar-refractivity contribution is 5.46.